The van der Waals surface area contributed by atoms with Crippen LogP contribution in [0.3, 0.4) is 0 Å². The summed E-state index contributed by atoms with van der Waals surface area (Å²) in [6, 6.07) is 8.03. The van der Waals surface area contributed by atoms with E-state index in [2.05, 4.69) is 9.97 Å². The van der Waals surface area contributed by atoms with Gasteiger partial charge in [-0.25, -0.2) is 9.97 Å². The molecule has 44 heavy (non-hydrogen) atoms. The van der Waals surface area contributed by atoms with Crippen LogP contribution in [0.1, 0.15) is 52.0 Å². The van der Waals surface area contributed by atoms with E-state index in [1.807, 2.05) is 0 Å². The number of halogens is 11. The molecule has 0 fully saturated rings. The predicted octanol–water partition coefficient (Wildman–Crippen LogP) is 5.83. The van der Waals surface area contributed by atoms with Crippen LogP contribution in [-0.2, 0) is 24.5 Å². The highest BCUT2D eigenvalue weighted by atomic mass is 19.4. The van der Waals surface area contributed by atoms with Crippen LogP contribution in [0.2, 0.25) is 0 Å². The van der Waals surface area contributed by atoms with Gasteiger partial charge >= 0.3 is 18.5 Å². The molecule has 0 unspecified atom stereocenters. The zero-order valence-corrected chi connectivity index (χ0v) is 21.3. The first-order valence-corrected chi connectivity index (χ1v) is 11.3. The van der Waals surface area contributed by atoms with Crippen molar-refractivity contribution in [1.82, 2.24) is 9.97 Å². The molecule has 0 N–H and O–H groups in total. The van der Waals surface area contributed by atoms with Crippen LogP contribution >= 0.6 is 0 Å². The molecule has 0 aliphatic rings. The van der Waals surface area contributed by atoms with Gasteiger partial charge in [-0.2, -0.15) is 69.3 Å². The van der Waals surface area contributed by atoms with E-state index in [0.29, 0.717) is 6.07 Å². The zero-order chi connectivity index (χ0) is 33.4. The van der Waals surface area contributed by atoms with Crippen LogP contribution in [0.5, 0.6) is 0 Å². The minimum Gasteiger partial charge on any atom is -0.242 e. The number of nitriles is 4. The topological polar surface area (TPSA) is 121 Å². The third kappa shape index (κ3) is 6.58. The number of rotatable bonds is 3. The molecule has 3 aromatic rings. The van der Waals surface area contributed by atoms with Gasteiger partial charge in [0.2, 0.25) is 0 Å². The maximum absolute atomic E-state index is 14.0. The monoisotopic (exact) mass is 626 g/mol. The minimum atomic E-state index is -5.42. The van der Waals surface area contributed by atoms with Crippen molar-refractivity contribution >= 4 is 11.1 Å². The average molecular weight is 626 g/mol. The van der Waals surface area contributed by atoms with E-state index in [4.69, 9.17) is 0 Å². The van der Waals surface area contributed by atoms with Gasteiger partial charge in [0, 0.05) is 17.4 Å². The molecule has 224 valence electrons. The molecule has 3 rings (SSSR count). The van der Waals surface area contributed by atoms with Crippen LogP contribution in [0.15, 0.2) is 36.4 Å². The summed E-state index contributed by atoms with van der Waals surface area (Å²) in [4.78, 5) is 5.40. The fourth-order valence-corrected chi connectivity index (χ4v) is 3.82. The van der Waals surface area contributed by atoms with Crippen LogP contribution in [0, 0.1) is 45.3 Å². The van der Waals surface area contributed by atoms with Crippen LogP contribution in [0.25, 0.3) is 11.1 Å². The highest BCUT2D eigenvalue weighted by Gasteiger charge is 2.40. The van der Waals surface area contributed by atoms with Gasteiger partial charge in [0.15, 0.2) is 0 Å². The molecular weight excluding hydrogens is 617 g/mol. The van der Waals surface area contributed by atoms with Gasteiger partial charge in [0.25, 0.3) is 5.92 Å². The number of hydrogen-bond donors (Lipinski definition) is 0. The van der Waals surface area contributed by atoms with Gasteiger partial charge in [-0.15, -0.1) is 0 Å². The van der Waals surface area contributed by atoms with Crippen LogP contribution < -0.4 is 10.4 Å². The molecule has 17 heteroatoms. The molecule has 0 aliphatic heterocycles. The van der Waals surface area contributed by atoms with Crippen molar-refractivity contribution in [1.29, 1.82) is 21.0 Å². The summed E-state index contributed by atoms with van der Waals surface area (Å²) in [5, 5.41) is 37.8. The maximum atomic E-state index is 14.0. The van der Waals surface area contributed by atoms with E-state index < -0.39 is 91.1 Å². The second-order valence-electron chi connectivity index (χ2n) is 8.74. The van der Waals surface area contributed by atoms with Gasteiger partial charge in [0.1, 0.15) is 47.1 Å². The van der Waals surface area contributed by atoms with Crippen molar-refractivity contribution in [3.8, 4) is 24.3 Å². The first kappa shape index (κ1) is 33.0. The minimum absolute atomic E-state index is 0.0871. The molecule has 0 saturated carbocycles. The van der Waals surface area contributed by atoms with Crippen molar-refractivity contribution in [3.05, 3.63) is 91.9 Å². The lowest BCUT2D eigenvalue weighted by atomic mass is 9.93. The number of benzene rings is 1. The number of alkyl halides is 11. The number of pyridine rings is 2. The van der Waals surface area contributed by atoms with Crippen molar-refractivity contribution < 1.29 is 48.3 Å². The summed E-state index contributed by atoms with van der Waals surface area (Å²) in [6.45, 7) is 0.224. The predicted molar refractivity (Wildman–Crippen MR) is 124 cm³/mol. The highest BCUT2D eigenvalue weighted by molar-refractivity contribution is 5.81. The Hall–Kier alpha value is -5.55. The molecule has 0 spiro atoms. The van der Waals surface area contributed by atoms with Crippen LogP contribution in [0.4, 0.5) is 48.3 Å². The maximum Gasteiger partial charge on any atom is 0.433 e. The van der Waals surface area contributed by atoms with E-state index in [0.717, 1.165) is 12.1 Å². The lowest BCUT2D eigenvalue weighted by molar-refractivity contribution is -0.150. The Morgan fingerprint density at radius 3 is 1.09 bits per heavy atom. The normalized spacial score (nSPS) is 13.6. The van der Waals surface area contributed by atoms with E-state index in [1.54, 1.807) is 0 Å². The molecular formula is C27H9F11N6. The number of aromatic nitrogens is 2. The Labute approximate surface area is 238 Å². The highest BCUT2D eigenvalue weighted by Crippen LogP contribution is 2.36. The lowest BCUT2D eigenvalue weighted by Crippen LogP contribution is -2.24. The molecule has 0 bridgehead atoms. The molecule has 0 radical (unpaired) electrons. The lowest BCUT2D eigenvalue weighted by Gasteiger charge is -2.15. The van der Waals surface area contributed by atoms with Gasteiger partial charge in [-0.1, -0.05) is 12.1 Å². The van der Waals surface area contributed by atoms with E-state index in [9.17, 15) is 69.3 Å². The van der Waals surface area contributed by atoms with Gasteiger partial charge in [-0.05, 0) is 35.4 Å². The Bertz CT molecular complexity index is 1750. The van der Waals surface area contributed by atoms with Crippen molar-refractivity contribution in [2.45, 2.75) is 31.4 Å². The Morgan fingerprint density at radius 2 is 0.841 bits per heavy atom. The van der Waals surface area contributed by atoms with Crippen molar-refractivity contribution in [2.24, 2.45) is 0 Å². The fourth-order valence-electron chi connectivity index (χ4n) is 3.82. The summed E-state index contributed by atoms with van der Waals surface area (Å²) in [7, 11) is 0. The third-order valence-electron chi connectivity index (χ3n) is 5.74. The van der Waals surface area contributed by atoms with E-state index in [-0.39, 0.29) is 25.1 Å². The summed E-state index contributed by atoms with van der Waals surface area (Å²) < 4.78 is 148. The average Bonchev–Trinajstić information content (AvgIpc) is 2.91. The molecule has 0 atom stereocenters. The SMILES string of the molecule is CC(F)(F)c1cc(/C(C#N)=c2/cc/c(=C(\C#N)c3cc(C(F)(F)F)nc(C(F)(F)F)c3)c(C#N)c2C#N)cc(C(F)(F)F)n1. The third-order valence-corrected chi connectivity index (χ3v) is 5.74. The van der Waals surface area contributed by atoms with Gasteiger partial charge in [-0.3, -0.25) is 0 Å². The Kier molecular flexibility index (Phi) is 8.44. The standard InChI is InChI=1S/C27H9F11N6/c1-24(28,29)20-4-12(5-21(43-20)25(30,31)32)16(8-39)14-2-3-15(19(11-42)18(14)10-41)17(9-40)13-6-22(26(33,34)35)44-23(7-13)27(36,37)38/h2-7H,1H3/b16-14-,17-15-. The van der Waals surface area contributed by atoms with Crippen molar-refractivity contribution in [2.75, 3.05) is 0 Å². The summed E-state index contributed by atoms with van der Waals surface area (Å²) in [5.41, 5.74) is -12.7. The summed E-state index contributed by atoms with van der Waals surface area (Å²) in [6.07, 6.45) is -16.1. The number of nitrogens with zero attached hydrogens (tertiary/aromatic N) is 6. The van der Waals surface area contributed by atoms with E-state index in [1.165, 1.54) is 24.3 Å². The zero-order valence-electron chi connectivity index (χ0n) is 21.3. The smallest absolute Gasteiger partial charge is 0.242 e. The van der Waals surface area contributed by atoms with Gasteiger partial charge < -0.3 is 0 Å². The molecule has 6 nitrogen and oxygen atoms in total. The Balaban J connectivity index is 2.56. The first-order chi connectivity index (χ1) is 20.2. The Morgan fingerprint density at radius 1 is 0.545 bits per heavy atom. The molecule has 1 aromatic carbocycles. The molecule has 2 heterocycles. The largest absolute Gasteiger partial charge is 0.433 e. The number of hydrogen-bond acceptors (Lipinski definition) is 6. The molecule has 0 amide bonds. The summed E-state index contributed by atoms with van der Waals surface area (Å²) in [5.74, 6) is -3.94. The molecule has 0 saturated heterocycles. The fraction of sp³-hybridized carbons (Fsp3) is 0.185. The van der Waals surface area contributed by atoms with E-state index >= 15 is 0 Å². The van der Waals surface area contributed by atoms with Gasteiger partial charge in [0.05, 0.1) is 22.3 Å². The second kappa shape index (κ2) is 11.3. The van der Waals surface area contributed by atoms with Crippen molar-refractivity contribution in [3.63, 3.8) is 0 Å². The quantitative estimate of drug-likeness (QED) is 0.337. The first-order valence-electron chi connectivity index (χ1n) is 11.3. The summed E-state index contributed by atoms with van der Waals surface area (Å²) >= 11 is 0. The molecule has 0 aliphatic carbocycles. The van der Waals surface area contributed by atoms with Crippen LogP contribution in [-0.4, -0.2) is 9.97 Å². The molecule has 2 aromatic heterocycles. The second-order valence-corrected chi connectivity index (χ2v) is 8.74.